The van der Waals surface area contributed by atoms with E-state index in [2.05, 4.69) is 20.7 Å². The molecule has 1 saturated carbocycles. The summed E-state index contributed by atoms with van der Waals surface area (Å²) < 4.78 is 30.0. The molecule has 0 spiro atoms. The number of carbonyl (C=O) groups excluding carboxylic acids is 3. The highest BCUT2D eigenvalue weighted by Gasteiger charge is 2.32. The van der Waals surface area contributed by atoms with E-state index in [1.165, 1.54) is 26.1 Å². The molecule has 3 aromatic rings. The average molecular weight is 590 g/mol. The predicted octanol–water partition coefficient (Wildman–Crippen LogP) is 3.25. The fourth-order valence-electron chi connectivity index (χ4n) is 6.43. The van der Waals surface area contributed by atoms with Crippen molar-refractivity contribution in [3.05, 3.63) is 64.7 Å². The molecule has 2 aromatic carbocycles. The molecule has 3 heterocycles. The topological polar surface area (TPSA) is 121 Å². The molecule has 0 unspecified atom stereocenters. The zero-order chi connectivity index (χ0) is 29.6. The van der Waals surface area contributed by atoms with Crippen LogP contribution in [-0.2, 0) is 26.3 Å². The number of rotatable bonds is 5. The summed E-state index contributed by atoms with van der Waals surface area (Å²) in [7, 11) is -1.26. The molecular formula is C31H35N5O5S. The fraction of sp³-hybridized carbons (Fsp3) is 0.387. The molecule has 3 aliphatic rings. The predicted molar refractivity (Wildman–Crippen MR) is 161 cm³/mol. The Morgan fingerprint density at radius 3 is 2.52 bits per heavy atom. The van der Waals surface area contributed by atoms with Crippen molar-refractivity contribution in [1.29, 1.82) is 0 Å². The van der Waals surface area contributed by atoms with Crippen LogP contribution in [0, 0.1) is 0 Å². The number of hydrogen-bond donors (Lipinski definition) is 2. The molecule has 10 nitrogen and oxygen atoms in total. The molecule has 0 atom stereocenters. The molecule has 2 fully saturated rings. The summed E-state index contributed by atoms with van der Waals surface area (Å²) in [5.74, 6) is -0.776. The van der Waals surface area contributed by atoms with Crippen LogP contribution < -0.4 is 10.0 Å². The third-order valence-corrected chi connectivity index (χ3v) is 9.96. The van der Waals surface area contributed by atoms with Gasteiger partial charge in [-0.1, -0.05) is 49.6 Å². The molecule has 42 heavy (non-hydrogen) atoms. The molecule has 1 aliphatic carbocycles. The SMILES string of the molecule is CN(C)S(=O)(=O)NC(=O)c1ccc2c(C3CCCCC3)c3n(c2c1)CC(C(=O)N1CCNC(=O)C1)=Cc1ccccc1-3. The fourth-order valence-corrected chi connectivity index (χ4v) is 6.97. The lowest BCUT2D eigenvalue weighted by Gasteiger charge is -2.27. The highest BCUT2D eigenvalue weighted by atomic mass is 32.2. The lowest BCUT2D eigenvalue weighted by molar-refractivity contribution is -0.135. The lowest BCUT2D eigenvalue weighted by Crippen LogP contribution is -2.50. The quantitative estimate of drug-likeness (QED) is 0.474. The number of fused-ring (bicyclic) bond motifs is 5. The van der Waals surface area contributed by atoms with Crippen molar-refractivity contribution >= 4 is 44.9 Å². The van der Waals surface area contributed by atoms with Crippen LogP contribution in [-0.4, -0.2) is 73.6 Å². The first-order valence-electron chi connectivity index (χ1n) is 14.4. The second kappa shape index (κ2) is 11.0. The van der Waals surface area contributed by atoms with Crippen LogP contribution in [0.1, 0.15) is 59.5 Å². The number of piperazine rings is 1. The van der Waals surface area contributed by atoms with Crippen molar-refractivity contribution in [2.24, 2.45) is 0 Å². The molecule has 220 valence electrons. The zero-order valence-electron chi connectivity index (χ0n) is 23.9. The van der Waals surface area contributed by atoms with E-state index >= 15 is 0 Å². The van der Waals surface area contributed by atoms with Gasteiger partial charge in [0.1, 0.15) is 0 Å². The van der Waals surface area contributed by atoms with Gasteiger partial charge in [0.25, 0.3) is 11.8 Å². The normalized spacial score (nSPS) is 17.7. The minimum atomic E-state index is -3.98. The maximum atomic E-state index is 13.8. The monoisotopic (exact) mass is 589 g/mol. The Balaban J connectivity index is 1.53. The van der Waals surface area contributed by atoms with Crippen LogP contribution in [0.15, 0.2) is 48.0 Å². The van der Waals surface area contributed by atoms with E-state index in [-0.39, 0.29) is 30.5 Å². The van der Waals surface area contributed by atoms with E-state index in [4.69, 9.17) is 0 Å². The van der Waals surface area contributed by atoms with Crippen LogP contribution in [0.5, 0.6) is 0 Å². The molecule has 0 bridgehead atoms. The van der Waals surface area contributed by atoms with Crippen LogP contribution in [0.4, 0.5) is 0 Å². The van der Waals surface area contributed by atoms with Crippen LogP contribution in [0.2, 0.25) is 0 Å². The van der Waals surface area contributed by atoms with Crippen molar-refractivity contribution in [2.75, 3.05) is 33.7 Å². The molecular weight excluding hydrogens is 554 g/mol. The molecule has 11 heteroatoms. The molecule has 0 radical (unpaired) electrons. The molecule has 1 aromatic heterocycles. The summed E-state index contributed by atoms with van der Waals surface area (Å²) >= 11 is 0. The lowest BCUT2D eigenvalue weighted by atomic mass is 9.81. The second-order valence-electron chi connectivity index (χ2n) is 11.5. The van der Waals surface area contributed by atoms with Gasteiger partial charge in [-0.25, -0.2) is 4.72 Å². The number of benzene rings is 2. The first-order chi connectivity index (χ1) is 20.1. The van der Waals surface area contributed by atoms with E-state index < -0.39 is 16.1 Å². The first kappa shape index (κ1) is 28.2. The van der Waals surface area contributed by atoms with Crippen LogP contribution in [0.25, 0.3) is 28.2 Å². The third kappa shape index (κ3) is 5.11. The Labute approximate surface area is 245 Å². The number of carbonyl (C=O) groups is 3. The summed E-state index contributed by atoms with van der Waals surface area (Å²) in [5.41, 5.74) is 5.71. The smallest absolute Gasteiger partial charge is 0.303 e. The van der Waals surface area contributed by atoms with E-state index in [9.17, 15) is 22.8 Å². The van der Waals surface area contributed by atoms with Crippen molar-refractivity contribution in [1.82, 2.24) is 23.8 Å². The molecule has 6 rings (SSSR count). The minimum Gasteiger partial charge on any atom is -0.353 e. The van der Waals surface area contributed by atoms with Gasteiger partial charge in [-0.15, -0.1) is 0 Å². The standard InChI is InChI=1S/C31H35N5O5S/c1-34(2)42(40,41)33-30(38)22-12-13-25-26(17-22)36-18-23(31(39)35-15-14-32-27(37)19-35)16-21-10-6-7-11-24(21)29(36)28(25)20-8-4-3-5-9-20/h6-7,10-13,16-17,20H,3-5,8-9,14-15,18-19H2,1-2H3,(H,32,37)(H,33,38). The summed E-state index contributed by atoms with van der Waals surface area (Å²) in [5, 5.41) is 3.78. The average Bonchev–Trinajstić information content (AvgIpc) is 3.19. The summed E-state index contributed by atoms with van der Waals surface area (Å²) in [6.45, 7) is 1.10. The Hall–Kier alpha value is -3.96. The van der Waals surface area contributed by atoms with Crippen LogP contribution in [0.3, 0.4) is 0 Å². The number of nitrogens with zero attached hydrogens (tertiary/aromatic N) is 3. The van der Waals surface area contributed by atoms with Crippen molar-refractivity contribution in [3.63, 3.8) is 0 Å². The molecule has 3 amide bonds. The first-order valence-corrected chi connectivity index (χ1v) is 15.8. The van der Waals surface area contributed by atoms with E-state index in [0.29, 0.717) is 24.6 Å². The highest BCUT2D eigenvalue weighted by Crippen LogP contribution is 2.46. The minimum absolute atomic E-state index is 0.00902. The molecule has 2 aliphatic heterocycles. The summed E-state index contributed by atoms with van der Waals surface area (Å²) in [4.78, 5) is 40.7. The Kier molecular flexibility index (Phi) is 7.40. The van der Waals surface area contributed by atoms with Gasteiger partial charge in [-0.05, 0) is 48.1 Å². The van der Waals surface area contributed by atoms with Gasteiger partial charge in [0.2, 0.25) is 5.91 Å². The van der Waals surface area contributed by atoms with Crippen LogP contribution >= 0.6 is 0 Å². The van der Waals surface area contributed by atoms with Crippen molar-refractivity contribution in [2.45, 2.75) is 44.6 Å². The van der Waals surface area contributed by atoms with Crippen molar-refractivity contribution in [3.8, 4) is 11.3 Å². The summed E-state index contributed by atoms with van der Waals surface area (Å²) in [6.07, 6.45) is 7.52. The number of nitrogens with one attached hydrogen (secondary N) is 2. The number of aromatic nitrogens is 1. The maximum Gasteiger partial charge on any atom is 0.303 e. The maximum absolute atomic E-state index is 13.8. The zero-order valence-corrected chi connectivity index (χ0v) is 24.7. The van der Waals surface area contributed by atoms with Gasteiger partial charge in [0.05, 0.1) is 18.8 Å². The van der Waals surface area contributed by atoms with Gasteiger partial charge in [-0.2, -0.15) is 12.7 Å². The van der Waals surface area contributed by atoms with E-state index in [0.717, 1.165) is 57.7 Å². The van der Waals surface area contributed by atoms with Gasteiger partial charge < -0.3 is 14.8 Å². The highest BCUT2D eigenvalue weighted by molar-refractivity contribution is 7.87. The second-order valence-corrected chi connectivity index (χ2v) is 13.4. The Morgan fingerprint density at radius 2 is 1.79 bits per heavy atom. The molecule has 2 N–H and O–H groups in total. The molecule has 1 saturated heterocycles. The Bertz CT molecular complexity index is 1730. The number of hydrogen-bond acceptors (Lipinski definition) is 5. The van der Waals surface area contributed by atoms with E-state index in [1.54, 1.807) is 17.0 Å². The van der Waals surface area contributed by atoms with Gasteiger partial charge in [0.15, 0.2) is 0 Å². The van der Waals surface area contributed by atoms with E-state index in [1.807, 2.05) is 30.3 Å². The third-order valence-electron chi connectivity index (χ3n) is 8.56. The van der Waals surface area contributed by atoms with Gasteiger partial charge in [-0.3, -0.25) is 14.4 Å². The largest absolute Gasteiger partial charge is 0.353 e. The Morgan fingerprint density at radius 1 is 1.02 bits per heavy atom. The van der Waals surface area contributed by atoms with Crippen molar-refractivity contribution < 1.29 is 22.8 Å². The summed E-state index contributed by atoms with van der Waals surface area (Å²) in [6, 6.07) is 13.4. The number of amides is 3. The van der Waals surface area contributed by atoms with Gasteiger partial charge in [0, 0.05) is 54.8 Å². The van der Waals surface area contributed by atoms with Gasteiger partial charge >= 0.3 is 10.2 Å².